The van der Waals surface area contributed by atoms with Crippen LogP contribution in [0.3, 0.4) is 0 Å². The molecule has 1 aliphatic heterocycles. The molecule has 2 atom stereocenters. The average molecular weight is 305 g/mol. The summed E-state index contributed by atoms with van der Waals surface area (Å²) in [5.41, 5.74) is 1.00. The van der Waals surface area contributed by atoms with Crippen LogP contribution in [0.25, 0.3) is 0 Å². The first-order valence-corrected chi connectivity index (χ1v) is 7.62. The number of ether oxygens (including phenoxy) is 2. The molecule has 0 bridgehead atoms. The average Bonchev–Trinajstić information content (AvgIpc) is 3.09. The maximum Gasteiger partial charge on any atom is 0.215 e. The zero-order chi connectivity index (χ0) is 14.7. The largest absolute Gasteiger partial charge is 0.342 e. The SMILES string of the molecule is CCCC1COC(Cn2[nH]cnc2=S)(c2ccccc2)O1. The van der Waals surface area contributed by atoms with Crippen LogP contribution in [-0.4, -0.2) is 27.5 Å². The van der Waals surface area contributed by atoms with Crippen molar-refractivity contribution in [3.05, 3.63) is 47.0 Å². The van der Waals surface area contributed by atoms with Crippen molar-refractivity contribution in [1.82, 2.24) is 14.8 Å². The van der Waals surface area contributed by atoms with Crippen molar-refractivity contribution in [2.24, 2.45) is 0 Å². The minimum absolute atomic E-state index is 0.118. The third kappa shape index (κ3) is 2.92. The number of aromatic amines is 1. The van der Waals surface area contributed by atoms with E-state index in [-0.39, 0.29) is 6.10 Å². The zero-order valence-electron chi connectivity index (χ0n) is 12.0. The Kier molecular flexibility index (Phi) is 4.19. The van der Waals surface area contributed by atoms with Crippen LogP contribution >= 0.6 is 12.2 Å². The van der Waals surface area contributed by atoms with E-state index < -0.39 is 5.79 Å². The van der Waals surface area contributed by atoms with E-state index in [1.54, 1.807) is 11.0 Å². The van der Waals surface area contributed by atoms with Crippen LogP contribution < -0.4 is 0 Å². The van der Waals surface area contributed by atoms with E-state index >= 15 is 0 Å². The molecule has 0 saturated carbocycles. The summed E-state index contributed by atoms with van der Waals surface area (Å²) in [6.07, 6.45) is 3.76. The molecule has 2 heterocycles. The lowest BCUT2D eigenvalue weighted by atomic mass is 10.1. The van der Waals surface area contributed by atoms with Gasteiger partial charge >= 0.3 is 0 Å². The summed E-state index contributed by atoms with van der Waals surface area (Å²) in [4.78, 5) is 4.05. The maximum absolute atomic E-state index is 6.27. The van der Waals surface area contributed by atoms with Crippen LogP contribution in [-0.2, 0) is 21.8 Å². The van der Waals surface area contributed by atoms with E-state index in [0.717, 1.165) is 18.4 Å². The lowest BCUT2D eigenvalue weighted by Crippen LogP contribution is -2.34. The molecule has 1 aliphatic rings. The number of aromatic nitrogens is 3. The van der Waals surface area contributed by atoms with E-state index in [1.165, 1.54) is 0 Å². The Morgan fingerprint density at radius 1 is 1.43 bits per heavy atom. The molecular weight excluding hydrogens is 286 g/mol. The third-order valence-corrected chi connectivity index (χ3v) is 4.00. The third-order valence-electron chi connectivity index (χ3n) is 3.67. The van der Waals surface area contributed by atoms with Gasteiger partial charge in [0.15, 0.2) is 0 Å². The van der Waals surface area contributed by atoms with Crippen molar-refractivity contribution >= 4 is 12.2 Å². The highest BCUT2D eigenvalue weighted by Crippen LogP contribution is 2.37. The van der Waals surface area contributed by atoms with E-state index in [2.05, 4.69) is 17.0 Å². The number of H-pyrrole nitrogens is 1. The maximum atomic E-state index is 6.27. The topological polar surface area (TPSA) is 52.1 Å². The van der Waals surface area contributed by atoms with E-state index in [9.17, 15) is 0 Å². The molecule has 0 aliphatic carbocycles. The van der Waals surface area contributed by atoms with Gasteiger partial charge in [-0.1, -0.05) is 43.7 Å². The molecule has 1 aromatic heterocycles. The molecule has 1 fully saturated rings. The van der Waals surface area contributed by atoms with E-state index in [4.69, 9.17) is 21.7 Å². The Labute approximate surface area is 128 Å². The summed E-state index contributed by atoms with van der Waals surface area (Å²) in [6, 6.07) is 10.0. The number of hydrogen-bond donors (Lipinski definition) is 1. The van der Waals surface area contributed by atoms with Crippen molar-refractivity contribution in [3.8, 4) is 0 Å². The second kappa shape index (κ2) is 6.09. The first-order chi connectivity index (χ1) is 10.2. The predicted octanol–water partition coefficient (Wildman–Crippen LogP) is 3.01. The fourth-order valence-electron chi connectivity index (χ4n) is 2.65. The fraction of sp³-hybridized carbons (Fsp3) is 0.467. The number of rotatable bonds is 5. The highest BCUT2D eigenvalue weighted by Gasteiger charge is 2.43. The number of benzene rings is 1. The number of nitrogens with zero attached hydrogens (tertiary/aromatic N) is 2. The van der Waals surface area contributed by atoms with Crippen LogP contribution in [0.1, 0.15) is 25.3 Å². The Morgan fingerprint density at radius 2 is 2.24 bits per heavy atom. The summed E-state index contributed by atoms with van der Waals surface area (Å²) < 4.78 is 14.6. The lowest BCUT2D eigenvalue weighted by molar-refractivity contribution is -0.189. The first kappa shape index (κ1) is 14.4. The van der Waals surface area contributed by atoms with Gasteiger partial charge in [0.25, 0.3) is 0 Å². The Bertz CT molecular complexity index is 640. The van der Waals surface area contributed by atoms with Gasteiger partial charge in [-0.3, -0.25) is 9.78 Å². The molecule has 21 heavy (non-hydrogen) atoms. The minimum atomic E-state index is -0.800. The van der Waals surface area contributed by atoms with Gasteiger partial charge in [-0.2, -0.15) is 0 Å². The van der Waals surface area contributed by atoms with Crippen molar-refractivity contribution < 1.29 is 9.47 Å². The molecule has 0 amide bonds. The molecule has 1 aromatic carbocycles. The summed E-state index contributed by atoms with van der Waals surface area (Å²) in [6.45, 7) is 3.22. The van der Waals surface area contributed by atoms with Crippen LogP contribution in [0.2, 0.25) is 0 Å². The molecule has 2 unspecified atom stereocenters. The first-order valence-electron chi connectivity index (χ1n) is 7.21. The van der Waals surface area contributed by atoms with Gasteiger partial charge in [0, 0.05) is 5.56 Å². The molecule has 1 N–H and O–H groups in total. The highest BCUT2D eigenvalue weighted by molar-refractivity contribution is 7.71. The fourth-order valence-corrected chi connectivity index (χ4v) is 2.82. The van der Waals surface area contributed by atoms with Gasteiger partial charge in [0.05, 0.1) is 12.7 Å². The molecular formula is C15H19N3O2S. The standard InChI is InChI=1S/C15H19N3O2S/c1-2-6-13-9-19-15(20-13,12-7-4-3-5-8-12)10-18-14(21)16-11-17-18/h3-5,7-8,11,13H,2,6,9-10H2,1H3,(H,16,17,21). The molecule has 2 aromatic rings. The van der Waals surface area contributed by atoms with Gasteiger partial charge < -0.3 is 9.47 Å². The Morgan fingerprint density at radius 3 is 2.90 bits per heavy atom. The predicted molar refractivity (Wildman–Crippen MR) is 81.3 cm³/mol. The van der Waals surface area contributed by atoms with E-state index in [1.807, 2.05) is 30.3 Å². The van der Waals surface area contributed by atoms with Crippen molar-refractivity contribution in [2.75, 3.05) is 6.61 Å². The highest BCUT2D eigenvalue weighted by atomic mass is 32.1. The summed E-state index contributed by atoms with van der Waals surface area (Å²) >= 11 is 5.21. The van der Waals surface area contributed by atoms with Crippen LogP contribution in [0, 0.1) is 4.77 Å². The minimum Gasteiger partial charge on any atom is -0.342 e. The van der Waals surface area contributed by atoms with Gasteiger partial charge in [-0.15, -0.1) is 0 Å². The van der Waals surface area contributed by atoms with Crippen LogP contribution in [0.15, 0.2) is 36.7 Å². The smallest absolute Gasteiger partial charge is 0.215 e. The second-order valence-electron chi connectivity index (χ2n) is 5.21. The summed E-state index contributed by atoms with van der Waals surface area (Å²) in [7, 11) is 0. The molecule has 1 saturated heterocycles. The lowest BCUT2D eigenvalue weighted by Gasteiger charge is -2.28. The molecule has 3 rings (SSSR count). The van der Waals surface area contributed by atoms with Gasteiger partial charge in [0.1, 0.15) is 12.9 Å². The number of hydrogen-bond acceptors (Lipinski definition) is 4. The van der Waals surface area contributed by atoms with Gasteiger partial charge in [-0.25, -0.2) is 4.98 Å². The van der Waals surface area contributed by atoms with Crippen LogP contribution in [0.4, 0.5) is 0 Å². The molecule has 6 heteroatoms. The van der Waals surface area contributed by atoms with Gasteiger partial charge in [-0.05, 0) is 18.6 Å². The van der Waals surface area contributed by atoms with E-state index in [0.29, 0.717) is 17.9 Å². The summed E-state index contributed by atoms with van der Waals surface area (Å²) in [5.74, 6) is -0.800. The second-order valence-corrected chi connectivity index (χ2v) is 5.58. The van der Waals surface area contributed by atoms with Crippen molar-refractivity contribution in [2.45, 2.75) is 38.2 Å². The van der Waals surface area contributed by atoms with Crippen LogP contribution in [0.5, 0.6) is 0 Å². The van der Waals surface area contributed by atoms with Crippen molar-refractivity contribution in [3.63, 3.8) is 0 Å². The molecule has 0 spiro atoms. The summed E-state index contributed by atoms with van der Waals surface area (Å²) in [5, 5.41) is 3.02. The quantitative estimate of drug-likeness (QED) is 0.863. The van der Waals surface area contributed by atoms with Crippen molar-refractivity contribution in [1.29, 1.82) is 0 Å². The monoisotopic (exact) mass is 305 g/mol. The molecule has 112 valence electrons. The van der Waals surface area contributed by atoms with Gasteiger partial charge in [0.2, 0.25) is 10.6 Å². The Hall–Kier alpha value is -1.50. The number of nitrogens with one attached hydrogen (secondary N) is 1. The molecule has 5 nitrogen and oxygen atoms in total. The molecule has 0 radical (unpaired) electrons. The zero-order valence-corrected chi connectivity index (χ0v) is 12.8. The normalized spacial score (nSPS) is 25.3. The Balaban J connectivity index is 1.92.